The van der Waals surface area contributed by atoms with Crippen molar-refractivity contribution in [2.75, 3.05) is 13.2 Å². The van der Waals surface area contributed by atoms with Crippen molar-refractivity contribution in [3.63, 3.8) is 0 Å². The number of hydrogen-bond donors (Lipinski definition) is 2. The molecule has 0 saturated heterocycles. The number of ether oxygens (including phenoxy) is 1. The molecule has 0 aromatic rings. The Kier molecular flexibility index (Phi) is 5.64. The van der Waals surface area contributed by atoms with Gasteiger partial charge in [0.1, 0.15) is 0 Å². The minimum Gasteiger partial charge on any atom is -0.378 e. The van der Waals surface area contributed by atoms with E-state index in [1.165, 1.54) is 12.8 Å². The maximum absolute atomic E-state index is 12.0. The van der Waals surface area contributed by atoms with Crippen LogP contribution in [0.4, 0.5) is 0 Å². The highest BCUT2D eigenvalue weighted by Crippen LogP contribution is 2.33. The molecule has 4 nitrogen and oxygen atoms in total. The molecule has 0 aliphatic heterocycles. The predicted octanol–water partition coefficient (Wildman–Crippen LogP) is 1.83. The molecule has 2 atom stereocenters. The Morgan fingerprint density at radius 1 is 1.32 bits per heavy atom. The van der Waals surface area contributed by atoms with Gasteiger partial charge in [-0.15, -0.1) is 0 Å². The normalized spacial score (nSPS) is 34.6. The summed E-state index contributed by atoms with van der Waals surface area (Å²) in [5.41, 5.74) is 5.79. The molecule has 0 aromatic heterocycles. The maximum Gasteiger partial charge on any atom is 0.220 e. The topological polar surface area (TPSA) is 64.3 Å². The third-order valence-electron chi connectivity index (χ3n) is 4.63. The van der Waals surface area contributed by atoms with Gasteiger partial charge in [-0.05, 0) is 51.0 Å². The highest BCUT2D eigenvalue weighted by molar-refractivity contribution is 5.76. The van der Waals surface area contributed by atoms with Crippen LogP contribution in [0.3, 0.4) is 0 Å². The van der Waals surface area contributed by atoms with E-state index in [1.54, 1.807) is 0 Å². The van der Waals surface area contributed by atoms with Gasteiger partial charge in [0, 0.05) is 19.1 Å². The second-order valence-electron chi connectivity index (χ2n) is 6.07. The Morgan fingerprint density at radius 3 is 2.74 bits per heavy atom. The van der Waals surface area contributed by atoms with Gasteiger partial charge in [-0.3, -0.25) is 4.79 Å². The third-order valence-corrected chi connectivity index (χ3v) is 4.63. The van der Waals surface area contributed by atoms with Gasteiger partial charge in [0.2, 0.25) is 5.91 Å². The molecule has 0 aromatic carbocycles. The number of amides is 1. The highest BCUT2D eigenvalue weighted by atomic mass is 16.5. The van der Waals surface area contributed by atoms with Gasteiger partial charge in [-0.25, -0.2) is 0 Å². The fraction of sp³-hybridized carbons (Fsp3) is 0.933. The number of nitrogens with two attached hydrogens (primary N) is 1. The summed E-state index contributed by atoms with van der Waals surface area (Å²) in [4.78, 5) is 12.0. The fourth-order valence-corrected chi connectivity index (χ4v) is 3.42. The van der Waals surface area contributed by atoms with Crippen LogP contribution in [0, 0.1) is 11.8 Å². The Hall–Kier alpha value is -0.610. The predicted molar refractivity (Wildman–Crippen MR) is 75.7 cm³/mol. The molecule has 3 N–H and O–H groups in total. The van der Waals surface area contributed by atoms with Crippen molar-refractivity contribution in [1.82, 2.24) is 5.32 Å². The maximum atomic E-state index is 12.0. The van der Waals surface area contributed by atoms with Crippen LogP contribution in [0.1, 0.15) is 51.9 Å². The number of nitrogens with one attached hydrogen (secondary N) is 1. The van der Waals surface area contributed by atoms with Crippen molar-refractivity contribution in [2.24, 2.45) is 17.6 Å². The van der Waals surface area contributed by atoms with Crippen molar-refractivity contribution in [2.45, 2.75) is 64.0 Å². The molecular formula is C15H28N2O2. The van der Waals surface area contributed by atoms with E-state index in [2.05, 4.69) is 5.32 Å². The van der Waals surface area contributed by atoms with Gasteiger partial charge in [-0.1, -0.05) is 12.8 Å². The van der Waals surface area contributed by atoms with Crippen LogP contribution < -0.4 is 11.1 Å². The molecule has 2 aliphatic carbocycles. The molecule has 0 heterocycles. The minimum atomic E-state index is 0.213. The lowest BCUT2D eigenvalue weighted by Gasteiger charge is -2.36. The molecule has 2 fully saturated rings. The third kappa shape index (κ3) is 4.18. The van der Waals surface area contributed by atoms with E-state index in [4.69, 9.17) is 10.5 Å². The van der Waals surface area contributed by atoms with Crippen LogP contribution in [0.5, 0.6) is 0 Å². The highest BCUT2D eigenvalue weighted by Gasteiger charge is 2.32. The zero-order valence-electron chi connectivity index (χ0n) is 12.1. The largest absolute Gasteiger partial charge is 0.378 e. The molecule has 110 valence electrons. The summed E-state index contributed by atoms with van der Waals surface area (Å²) in [7, 11) is 0. The Labute approximate surface area is 116 Å². The van der Waals surface area contributed by atoms with Crippen molar-refractivity contribution in [3.05, 3.63) is 0 Å². The van der Waals surface area contributed by atoms with Gasteiger partial charge < -0.3 is 15.8 Å². The number of rotatable bonds is 6. The van der Waals surface area contributed by atoms with Gasteiger partial charge in [0.15, 0.2) is 0 Å². The molecule has 0 spiro atoms. The molecule has 0 bridgehead atoms. The van der Waals surface area contributed by atoms with Crippen molar-refractivity contribution in [1.29, 1.82) is 0 Å². The lowest BCUT2D eigenvalue weighted by Crippen LogP contribution is -2.46. The van der Waals surface area contributed by atoms with Crippen LogP contribution in [0.2, 0.25) is 0 Å². The molecular weight excluding hydrogens is 240 g/mol. The van der Waals surface area contributed by atoms with E-state index in [0.29, 0.717) is 36.9 Å². The monoisotopic (exact) mass is 268 g/mol. The van der Waals surface area contributed by atoms with Crippen LogP contribution in [0.25, 0.3) is 0 Å². The Morgan fingerprint density at radius 2 is 2.05 bits per heavy atom. The molecule has 2 saturated carbocycles. The number of carbonyl (C=O) groups excluding carboxylic acids is 1. The lowest BCUT2D eigenvalue weighted by molar-refractivity contribution is -0.125. The summed E-state index contributed by atoms with van der Waals surface area (Å²) >= 11 is 0. The smallest absolute Gasteiger partial charge is 0.220 e. The first-order chi connectivity index (χ1) is 9.22. The van der Waals surface area contributed by atoms with Crippen LogP contribution in [0.15, 0.2) is 0 Å². The standard InChI is InChI=1S/C15H28N2O2/c1-2-19-13-7-11(8-13)9-15(18)17-14-6-4-3-5-12(14)10-16/h11-14H,2-10,16H2,1H3,(H,17,18). The van der Waals surface area contributed by atoms with Gasteiger partial charge in [-0.2, -0.15) is 0 Å². The summed E-state index contributed by atoms with van der Waals surface area (Å²) in [6, 6.07) is 0.314. The SMILES string of the molecule is CCOC1CC(CC(=O)NC2CCCCC2CN)C1. The Balaban J connectivity index is 1.67. The van der Waals surface area contributed by atoms with E-state index < -0.39 is 0 Å². The van der Waals surface area contributed by atoms with E-state index in [-0.39, 0.29) is 5.91 Å². The molecule has 4 heteroatoms. The summed E-state index contributed by atoms with van der Waals surface area (Å²) in [6.45, 7) is 3.50. The molecule has 2 unspecified atom stereocenters. The second-order valence-corrected chi connectivity index (χ2v) is 6.07. The fourth-order valence-electron chi connectivity index (χ4n) is 3.42. The van der Waals surface area contributed by atoms with E-state index in [1.807, 2.05) is 6.92 Å². The summed E-state index contributed by atoms with van der Waals surface area (Å²) in [5, 5.41) is 3.21. The van der Waals surface area contributed by atoms with E-state index in [0.717, 1.165) is 32.3 Å². The van der Waals surface area contributed by atoms with E-state index in [9.17, 15) is 4.79 Å². The molecule has 19 heavy (non-hydrogen) atoms. The van der Waals surface area contributed by atoms with Gasteiger partial charge >= 0.3 is 0 Å². The lowest BCUT2D eigenvalue weighted by atomic mass is 9.79. The van der Waals surface area contributed by atoms with Crippen molar-refractivity contribution >= 4 is 5.91 Å². The molecule has 2 rings (SSSR count). The minimum absolute atomic E-state index is 0.213. The second kappa shape index (κ2) is 7.25. The van der Waals surface area contributed by atoms with Crippen LogP contribution >= 0.6 is 0 Å². The quantitative estimate of drug-likeness (QED) is 0.772. The zero-order valence-corrected chi connectivity index (χ0v) is 12.1. The molecule has 1 amide bonds. The van der Waals surface area contributed by atoms with Crippen LogP contribution in [-0.2, 0) is 9.53 Å². The average Bonchev–Trinajstić information content (AvgIpc) is 2.37. The average molecular weight is 268 g/mol. The van der Waals surface area contributed by atoms with Crippen LogP contribution in [-0.4, -0.2) is 31.2 Å². The summed E-state index contributed by atoms with van der Waals surface area (Å²) in [6.07, 6.45) is 7.89. The summed E-state index contributed by atoms with van der Waals surface area (Å²) < 4.78 is 5.53. The van der Waals surface area contributed by atoms with Gasteiger partial charge in [0.25, 0.3) is 0 Å². The van der Waals surface area contributed by atoms with Gasteiger partial charge in [0.05, 0.1) is 6.10 Å². The van der Waals surface area contributed by atoms with E-state index >= 15 is 0 Å². The number of hydrogen-bond acceptors (Lipinski definition) is 3. The molecule has 2 aliphatic rings. The van der Waals surface area contributed by atoms with Crippen molar-refractivity contribution < 1.29 is 9.53 Å². The number of carbonyl (C=O) groups is 1. The van der Waals surface area contributed by atoms with Crippen molar-refractivity contribution in [3.8, 4) is 0 Å². The zero-order chi connectivity index (χ0) is 13.7. The first kappa shape index (κ1) is 14.8. The Bertz CT molecular complexity index is 290. The summed E-state index contributed by atoms with van der Waals surface area (Å²) in [5.74, 6) is 1.22. The first-order valence-electron chi connectivity index (χ1n) is 7.84. The molecule has 0 radical (unpaired) electrons. The first-order valence-corrected chi connectivity index (χ1v) is 7.84.